The number of aliphatic carboxylic acids is 1. The standard InChI is InChI=1S/C18H25NO6/c1-12-9-14(25-11-17(20)21)6-7-16(12)19-18(22)13(2)24-10-15-5-3-4-8-23-15/h6-7,9,13,15H,3-5,8,10-11H2,1-2H3,(H,19,22)(H,20,21). The highest BCUT2D eigenvalue weighted by atomic mass is 16.5. The van der Waals surface area contributed by atoms with Crippen molar-refractivity contribution < 1.29 is 28.9 Å². The van der Waals surface area contributed by atoms with Crippen LogP contribution in [0.2, 0.25) is 0 Å². The van der Waals surface area contributed by atoms with Crippen LogP contribution >= 0.6 is 0 Å². The molecular weight excluding hydrogens is 326 g/mol. The monoisotopic (exact) mass is 351 g/mol. The van der Waals surface area contributed by atoms with Gasteiger partial charge in [0.1, 0.15) is 11.9 Å². The molecule has 1 amide bonds. The second-order valence-electron chi connectivity index (χ2n) is 6.11. The van der Waals surface area contributed by atoms with Gasteiger partial charge >= 0.3 is 5.97 Å². The average Bonchev–Trinajstić information content (AvgIpc) is 2.60. The van der Waals surface area contributed by atoms with Crippen molar-refractivity contribution in [1.82, 2.24) is 0 Å². The Morgan fingerprint density at radius 2 is 2.20 bits per heavy atom. The van der Waals surface area contributed by atoms with Crippen LogP contribution in [-0.4, -0.2) is 49.0 Å². The minimum atomic E-state index is -1.04. The summed E-state index contributed by atoms with van der Waals surface area (Å²) in [5, 5.41) is 11.4. The SMILES string of the molecule is Cc1cc(OCC(=O)O)ccc1NC(=O)C(C)OCC1CCCCO1. The minimum Gasteiger partial charge on any atom is -0.482 e. The minimum absolute atomic E-state index is 0.0661. The molecule has 7 nitrogen and oxygen atoms in total. The van der Waals surface area contributed by atoms with E-state index in [1.165, 1.54) is 0 Å². The quantitative estimate of drug-likeness (QED) is 0.747. The first-order valence-electron chi connectivity index (χ1n) is 8.45. The first-order chi connectivity index (χ1) is 12.0. The smallest absolute Gasteiger partial charge is 0.341 e. The molecule has 0 spiro atoms. The number of ether oxygens (including phenoxy) is 3. The fourth-order valence-electron chi connectivity index (χ4n) is 2.51. The van der Waals surface area contributed by atoms with Crippen LogP contribution in [0.5, 0.6) is 5.75 Å². The van der Waals surface area contributed by atoms with Gasteiger partial charge in [-0.25, -0.2) is 4.79 Å². The number of carbonyl (C=O) groups is 2. The van der Waals surface area contributed by atoms with E-state index in [1.807, 2.05) is 6.92 Å². The molecule has 2 N–H and O–H groups in total. The van der Waals surface area contributed by atoms with Crippen LogP contribution in [0.15, 0.2) is 18.2 Å². The molecule has 138 valence electrons. The number of benzene rings is 1. The lowest BCUT2D eigenvalue weighted by Crippen LogP contribution is -2.32. The number of carbonyl (C=O) groups excluding carboxylic acids is 1. The number of carboxylic acids is 1. The molecular formula is C18H25NO6. The van der Waals surface area contributed by atoms with Gasteiger partial charge in [-0.2, -0.15) is 0 Å². The fourth-order valence-corrected chi connectivity index (χ4v) is 2.51. The maximum absolute atomic E-state index is 12.3. The summed E-state index contributed by atoms with van der Waals surface area (Å²) in [6.07, 6.45) is 2.65. The lowest BCUT2D eigenvalue weighted by Gasteiger charge is -2.24. The summed E-state index contributed by atoms with van der Waals surface area (Å²) in [6, 6.07) is 4.98. The molecule has 0 bridgehead atoms. The molecule has 0 aliphatic carbocycles. The van der Waals surface area contributed by atoms with E-state index in [4.69, 9.17) is 19.3 Å². The molecule has 2 rings (SSSR count). The van der Waals surface area contributed by atoms with Crippen molar-refractivity contribution in [3.63, 3.8) is 0 Å². The van der Waals surface area contributed by atoms with Crippen molar-refractivity contribution in [2.45, 2.75) is 45.3 Å². The number of rotatable bonds is 8. The van der Waals surface area contributed by atoms with Gasteiger partial charge in [-0.15, -0.1) is 0 Å². The van der Waals surface area contributed by atoms with Crippen molar-refractivity contribution in [1.29, 1.82) is 0 Å². The third kappa shape index (κ3) is 6.36. The summed E-state index contributed by atoms with van der Waals surface area (Å²) >= 11 is 0. The van der Waals surface area contributed by atoms with Crippen molar-refractivity contribution >= 4 is 17.6 Å². The van der Waals surface area contributed by atoms with Crippen LogP contribution < -0.4 is 10.1 Å². The lowest BCUT2D eigenvalue weighted by atomic mass is 10.1. The second kappa shape index (κ2) is 9.39. The van der Waals surface area contributed by atoms with Crippen LogP contribution in [-0.2, 0) is 19.1 Å². The molecule has 1 aliphatic heterocycles. The van der Waals surface area contributed by atoms with Crippen molar-refractivity contribution in [3.05, 3.63) is 23.8 Å². The third-order valence-electron chi connectivity index (χ3n) is 3.99. The number of amides is 1. The Labute approximate surface area is 147 Å². The molecule has 1 heterocycles. The largest absolute Gasteiger partial charge is 0.482 e. The molecule has 1 fully saturated rings. The predicted octanol–water partition coefficient (Wildman–Crippen LogP) is 2.37. The molecule has 0 aromatic heterocycles. The van der Waals surface area contributed by atoms with Gasteiger partial charge in [-0.3, -0.25) is 4.79 Å². The first-order valence-corrected chi connectivity index (χ1v) is 8.45. The van der Waals surface area contributed by atoms with E-state index in [9.17, 15) is 9.59 Å². The van der Waals surface area contributed by atoms with E-state index in [0.717, 1.165) is 31.4 Å². The molecule has 1 aliphatic rings. The molecule has 1 saturated heterocycles. The highest BCUT2D eigenvalue weighted by molar-refractivity contribution is 5.94. The van der Waals surface area contributed by atoms with Crippen molar-refractivity contribution in [3.8, 4) is 5.75 Å². The van der Waals surface area contributed by atoms with Gasteiger partial charge in [0.15, 0.2) is 6.61 Å². The van der Waals surface area contributed by atoms with E-state index in [-0.39, 0.29) is 12.0 Å². The Morgan fingerprint density at radius 1 is 1.40 bits per heavy atom. The normalized spacial score (nSPS) is 18.4. The van der Waals surface area contributed by atoms with Crippen molar-refractivity contribution in [2.24, 2.45) is 0 Å². The average molecular weight is 351 g/mol. The van der Waals surface area contributed by atoms with Crippen LogP contribution in [0.3, 0.4) is 0 Å². The van der Waals surface area contributed by atoms with E-state index in [1.54, 1.807) is 25.1 Å². The van der Waals surface area contributed by atoms with Gasteiger partial charge in [-0.05, 0) is 56.9 Å². The Balaban J connectivity index is 1.83. The van der Waals surface area contributed by atoms with Crippen LogP contribution in [0.4, 0.5) is 5.69 Å². The second-order valence-corrected chi connectivity index (χ2v) is 6.11. The van der Waals surface area contributed by atoms with Crippen molar-refractivity contribution in [2.75, 3.05) is 25.1 Å². The van der Waals surface area contributed by atoms with Gasteiger partial charge in [0.2, 0.25) is 0 Å². The molecule has 0 radical (unpaired) electrons. The maximum atomic E-state index is 12.3. The van der Waals surface area contributed by atoms with E-state index in [0.29, 0.717) is 18.0 Å². The van der Waals surface area contributed by atoms with Gasteiger partial charge < -0.3 is 24.6 Å². The molecule has 0 saturated carbocycles. The zero-order valence-electron chi connectivity index (χ0n) is 14.6. The third-order valence-corrected chi connectivity index (χ3v) is 3.99. The Morgan fingerprint density at radius 3 is 2.84 bits per heavy atom. The molecule has 25 heavy (non-hydrogen) atoms. The summed E-state index contributed by atoms with van der Waals surface area (Å²) in [5.41, 5.74) is 1.41. The fraction of sp³-hybridized carbons (Fsp3) is 0.556. The first kappa shape index (κ1) is 19.2. The van der Waals surface area contributed by atoms with Gasteiger partial charge in [0.05, 0.1) is 12.7 Å². The zero-order valence-corrected chi connectivity index (χ0v) is 14.6. The number of nitrogens with one attached hydrogen (secondary N) is 1. The maximum Gasteiger partial charge on any atom is 0.341 e. The number of hydrogen-bond acceptors (Lipinski definition) is 5. The van der Waals surface area contributed by atoms with Gasteiger partial charge in [-0.1, -0.05) is 0 Å². The summed E-state index contributed by atoms with van der Waals surface area (Å²) in [4.78, 5) is 22.8. The number of hydrogen-bond donors (Lipinski definition) is 2. The summed E-state index contributed by atoms with van der Waals surface area (Å²) in [5.74, 6) is -0.835. The topological polar surface area (TPSA) is 94.1 Å². The van der Waals surface area contributed by atoms with E-state index in [2.05, 4.69) is 5.32 Å². The Kier molecular flexibility index (Phi) is 7.21. The lowest BCUT2D eigenvalue weighted by molar-refractivity contribution is -0.139. The zero-order chi connectivity index (χ0) is 18.2. The highest BCUT2D eigenvalue weighted by Crippen LogP contribution is 2.22. The van der Waals surface area contributed by atoms with E-state index >= 15 is 0 Å². The molecule has 2 unspecified atom stereocenters. The number of carboxylic acid groups (broad SMARTS) is 1. The number of anilines is 1. The molecule has 1 aromatic carbocycles. The van der Waals surface area contributed by atoms with E-state index < -0.39 is 18.7 Å². The molecule has 1 aromatic rings. The highest BCUT2D eigenvalue weighted by Gasteiger charge is 2.19. The molecule has 2 atom stereocenters. The van der Waals surface area contributed by atoms with Crippen LogP contribution in [0.1, 0.15) is 31.7 Å². The summed E-state index contributed by atoms with van der Waals surface area (Å²) < 4.78 is 16.3. The predicted molar refractivity (Wildman–Crippen MR) is 91.9 cm³/mol. The van der Waals surface area contributed by atoms with Crippen LogP contribution in [0, 0.1) is 6.92 Å². The van der Waals surface area contributed by atoms with Crippen LogP contribution in [0.25, 0.3) is 0 Å². The van der Waals surface area contributed by atoms with Gasteiger partial charge in [0.25, 0.3) is 5.91 Å². The Bertz CT molecular complexity index is 597. The molecule has 7 heteroatoms. The van der Waals surface area contributed by atoms with Gasteiger partial charge in [0, 0.05) is 12.3 Å². The number of aryl methyl sites for hydroxylation is 1. The summed E-state index contributed by atoms with van der Waals surface area (Å²) in [7, 11) is 0. The Hall–Kier alpha value is -2.12. The summed E-state index contributed by atoms with van der Waals surface area (Å²) in [6.45, 7) is 4.28.